The van der Waals surface area contributed by atoms with Crippen molar-refractivity contribution in [3.8, 4) is 0 Å². The summed E-state index contributed by atoms with van der Waals surface area (Å²) in [6.45, 7) is -0.532. The third-order valence-electron chi connectivity index (χ3n) is 4.26. The van der Waals surface area contributed by atoms with Crippen molar-refractivity contribution in [2.75, 3.05) is 20.7 Å². The lowest BCUT2D eigenvalue weighted by Crippen LogP contribution is -2.30. The maximum absolute atomic E-state index is 12.4. The number of benzene rings is 2. The highest BCUT2D eigenvalue weighted by atomic mass is 35.5. The number of carbonyl (C=O) groups is 2. The molecule has 0 atom stereocenters. The highest BCUT2D eigenvalue weighted by Crippen LogP contribution is 2.35. The molecular formula is C20H19ClN2O5S2. The van der Waals surface area contributed by atoms with Gasteiger partial charge in [-0.1, -0.05) is 48.0 Å². The Morgan fingerprint density at radius 1 is 1.10 bits per heavy atom. The number of hydrogen-bond donors (Lipinski definition) is 1. The predicted molar refractivity (Wildman–Crippen MR) is 116 cm³/mol. The number of thiophene rings is 1. The lowest BCUT2D eigenvalue weighted by Gasteiger charge is -2.15. The molecule has 1 heterocycles. The zero-order valence-corrected chi connectivity index (χ0v) is 18.6. The summed E-state index contributed by atoms with van der Waals surface area (Å²) in [6.07, 6.45) is 0. The van der Waals surface area contributed by atoms with Crippen molar-refractivity contribution in [3.05, 3.63) is 64.0 Å². The Kier molecular flexibility index (Phi) is 6.77. The molecule has 3 rings (SSSR count). The summed E-state index contributed by atoms with van der Waals surface area (Å²) in [7, 11) is -0.784. The molecule has 30 heavy (non-hydrogen) atoms. The van der Waals surface area contributed by atoms with E-state index in [-0.39, 0.29) is 16.3 Å². The number of halogens is 1. The van der Waals surface area contributed by atoms with Crippen LogP contribution in [0.3, 0.4) is 0 Å². The number of rotatable bonds is 7. The summed E-state index contributed by atoms with van der Waals surface area (Å²) in [6, 6.07) is 13.7. The smallest absolute Gasteiger partial charge is 0.350 e. The SMILES string of the molecule is CN(C)S(=O)(=O)c1ccccc1CNC(=O)COC(=O)c1sc2ccccc2c1Cl. The molecule has 0 aliphatic heterocycles. The third-order valence-corrected chi connectivity index (χ3v) is 7.83. The third kappa shape index (κ3) is 4.65. The molecule has 0 bridgehead atoms. The Morgan fingerprint density at radius 3 is 2.47 bits per heavy atom. The molecule has 7 nitrogen and oxygen atoms in total. The van der Waals surface area contributed by atoms with Gasteiger partial charge in [0, 0.05) is 30.7 Å². The minimum Gasteiger partial charge on any atom is -0.451 e. The minimum atomic E-state index is -3.65. The van der Waals surface area contributed by atoms with Crippen LogP contribution in [-0.4, -0.2) is 45.3 Å². The Morgan fingerprint density at radius 2 is 1.77 bits per heavy atom. The molecule has 0 fully saturated rings. The number of nitrogens with one attached hydrogen (secondary N) is 1. The van der Waals surface area contributed by atoms with Gasteiger partial charge in [-0.15, -0.1) is 11.3 Å². The molecule has 158 valence electrons. The first kappa shape index (κ1) is 22.2. The van der Waals surface area contributed by atoms with E-state index in [1.807, 2.05) is 18.2 Å². The molecule has 1 N–H and O–H groups in total. The molecule has 0 aliphatic carbocycles. The van der Waals surface area contributed by atoms with Gasteiger partial charge in [-0.05, 0) is 17.7 Å². The largest absolute Gasteiger partial charge is 0.451 e. The Bertz CT molecular complexity index is 1200. The van der Waals surface area contributed by atoms with Gasteiger partial charge in [-0.3, -0.25) is 4.79 Å². The van der Waals surface area contributed by atoms with Crippen molar-refractivity contribution in [1.29, 1.82) is 0 Å². The average Bonchev–Trinajstić information content (AvgIpc) is 3.07. The van der Waals surface area contributed by atoms with Crippen LogP contribution in [0.4, 0.5) is 0 Å². The summed E-state index contributed by atoms with van der Waals surface area (Å²) in [5.41, 5.74) is 0.429. The highest BCUT2D eigenvalue weighted by Gasteiger charge is 2.22. The molecule has 0 unspecified atom stereocenters. The maximum Gasteiger partial charge on any atom is 0.350 e. The molecule has 1 amide bonds. The van der Waals surface area contributed by atoms with Gasteiger partial charge < -0.3 is 10.1 Å². The number of hydrogen-bond acceptors (Lipinski definition) is 6. The van der Waals surface area contributed by atoms with Crippen LogP contribution in [0.15, 0.2) is 53.4 Å². The van der Waals surface area contributed by atoms with Crippen molar-refractivity contribution in [2.45, 2.75) is 11.4 Å². The lowest BCUT2D eigenvalue weighted by molar-refractivity contribution is -0.124. The summed E-state index contributed by atoms with van der Waals surface area (Å²) in [5, 5.41) is 3.61. The second-order valence-electron chi connectivity index (χ2n) is 6.49. The first-order valence-corrected chi connectivity index (χ1v) is 11.5. The molecule has 0 radical (unpaired) electrons. The summed E-state index contributed by atoms with van der Waals surface area (Å²) < 4.78 is 31.8. The lowest BCUT2D eigenvalue weighted by atomic mass is 10.2. The molecule has 0 aliphatic rings. The van der Waals surface area contributed by atoms with Crippen molar-refractivity contribution < 1.29 is 22.7 Å². The van der Waals surface area contributed by atoms with E-state index in [0.29, 0.717) is 10.6 Å². The van der Waals surface area contributed by atoms with Gasteiger partial charge in [0.15, 0.2) is 6.61 Å². The van der Waals surface area contributed by atoms with E-state index in [9.17, 15) is 18.0 Å². The van der Waals surface area contributed by atoms with Crippen molar-refractivity contribution in [3.63, 3.8) is 0 Å². The number of ether oxygens (including phenoxy) is 1. The molecule has 3 aromatic rings. The van der Waals surface area contributed by atoms with Crippen LogP contribution in [0.5, 0.6) is 0 Å². The first-order chi connectivity index (χ1) is 14.2. The second-order valence-corrected chi connectivity index (χ2v) is 10.0. The van der Waals surface area contributed by atoms with E-state index in [1.54, 1.807) is 24.3 Å². The molecule has 0 saturated heterocycles. The van der Waals surface area contributed by atoms with Gasteiger partial charge in [0.05, 0.1) is 9.92 Å². The number of fused-ring (bicyclic) bond motifs is 1. The van der Waals surface area contributed by atoms with E-state index in [0.717, 1.165) is 14.4 Å². The number of amides is 1. The van der Waals surface area contributed by atoms with Gasteiger partial charge in [-0.25, -0.2) is 17.5 Å². The standard InChI is InChI=1S/C20H19ClN2O5S2/c1-23(2)30(26,27)16-10-6-3-7-13(16)11-22-17(24)12-28-20(25)19-18(21)14-8-4-5-9-15(14)29-19/h3-10H,11-12H2,1-2H3,(H,22,24). The zero-order valence-electron chi connectivity index (χ0n) is 16.2. The fraction of sp³-hybridized carbons (Fsp3) is 0.200. The quantitative estimate of drug-likeness (QED) is 0.539. The van der Waals surface area contributed by atoms with E-state index < -0.39 is 28.5 Å². The average molecular weight is 467 g/mol. The monoisotopic (exact) mass is 466 g/mol. The van der Waals surface area contributed by atoms with E-state index in [2.05, 4.69) is 5.32 Å². The van der Waals surface area contributed by atoms with Crippen molar-refractivity contribution in [2.24, 2.45) is 0 Å². The second kappa shape index (κ2) is 9.13. The molecule has 2 aromatic carbocycles. The maximum atomic E-state index is 12.4. The van der Waals surface area contributed by atoms with Crippen LogP contribution in [-0.2, 0) is 26.1 Å². The molecule has 1 aromatic heterocycles. The number of nitrogens with zero attached hydrogens (tertiary/aromatic N) is 1. The topological polar surface area (TPSA) is 92.8 Å². The van der Waals surface area contributed by atoms with Gasteiger partial charge in [0.2, 0.25) is 10.0 Å². The van der Waals surface area contributed by atoms with E-state index in [1.165, 1.54) is 31.5 Å². The molecular weight excluding hydrogens is 448 g/mol. The van der Waals surface area contributed by atoms with Crippen LogP contribution < -0.4 is 5.32 Å². The van der Waals surface area contributed by atoms with Crippen LogP contribution in [0.2, 0.25) is 5.02 Å². The molecule has 10 heteroatoms. The number of carbonyl (C=O) groups excluding carboxylic acids is 2. The van der Waals surface area contributed by atoms with E-state index in [4.69, 9.17) is 16.3 Å². The van der Waals surface area contributed by atoms with Crippen LogP contribution in [0, 0.1) is 0 Å². The normalized spacial score (nSPS) is 11.6. The van der Waals surface area contributed by atoms with Gasteiger partial charge in [-0.2, -0.15) is 0 Å². The molecule has 0 saturated carbocycles. The van der Waals surface area contributed by atoms with Gasteiger partial charge in [0.1, 0.15) is 4.88 Å². The summed E-state index contributed by atoms with van der Waals surface area (Å²) in [4.78, 5) is 24.8. The number of esters is 1. The Balaban J connectivity index is 1.62. The van der Waals surface area contributed by atoms with Gasteiger partial charge >= 0.3 is 5.97 Å². The Labute approximate surface area is 183 Å². The fourth-order valence-corrected chi connectivity index (χ4v) is 5.20. The fourth-order valence-electron chi connectivity index (χ4n) is 2.69. The summed E-state index contributed by atoms with van der Waals surface area (Å²) >= 11 is 7.43. The van der Waals surface area contributed by atoms with Crippen LogP contribution >= 0.6 is 22.9 Å². The van der Waals surface area contributed by atoms with Crippen LogP contribution in [0.1, 0.15) is 15.2 Å². The molecule has 0 spiro atoms. The van der Waals surface area contributed by atoms with E-state index >= 15 is 0 Å². The van der Waals surface area contributed by atoms with Gasteiger partial charge in [0.25, 0.3) is 5.91 Å². The zero-order chi connectivity index (χ0) is 21.9. The minimum absolute atomic E-state index is 0.0245. The highest BCUT2D eigenvalue weighted by molar-refractivity contribution is 7.89. The van der Waals surface area contributed by atoms with Crippen LogP contribution in [0.25, 0.3) is 10.1 Å². The first-order valence-electron chi connectivity index (χ1n) is 8.83. The predicted octanol–water partition coefficient (Wildman–Crippen LogP) is 3.28. The van der Waals surface area contributed by atoms with Crippen molar-refractivity contribution >= 4 is 54.9 Å². The van der Waals surface area contributed by atoms with Crippen molar-refractivity contribution in [1.82, 2.24) is 9.62 Å². The summed E-state index contributed by atoms with van der Waals surface area (Å²) in [5.74, 6) is -1.25. The Hall–Kier alpha value is -2.46. The number of sulfonamides is 1.